The van der Waals surface area contributed by atoms with Gasteiger partial charge in [-0.25, -0.2) is 0 Å². The molecule has 0 aliphatic carbocycles. The summed E-state index contributed by atoms with van der Waals surface area (Å²) in [5.74, 6) is 0. The average Bonchev–Trinajstić information content (AvgIpc) is 2.92. The minimum Gasteiger partial charge on any atom is -0.266 e. The molecular formula is C20H14BrN3O2S. The highest BCUT2D eigenvalue weighted by molar-refractivity contribution is 9.10. The highest BCUT2D eigenvalue weighted by atomic mass is 79.9. The molecule has 0 aliphatic rings. The first-order valence-corrected chi connectivity index (χ1v) is 9.86. The molecule has 0 aliphatic heterocycles. The van der Waals surface area contributed by atoms with Gasteiger partial charge in [-0.3, -0.25) is 9.59 Å². The van der Waals surface area contributed by atoms with Crippen LogP contribution in [0.15, 0.2) is 62.6 Å². The number of thiazole rings is 1. The van der Waals surface area contributed by atoms with Crippen LogP contribution in [0.4, 0.5) is 0 Å². The van der Waals surface area contributed by atoms with Crippen molar-refractivity contribution in [1.82, 2.24) is 14.6 Å². The summed E-state index contributed by atoms with van der Waals surface area (Å²) in [5.41, 5.74) is 2.58. The molecule has 0 spiro atoms. The zero-order valence-electron chi connectivity index (χ0n) is 14.3. The number of hydrogen-bond donors (Lipinski definition) is 0. The van der Waals surface area contributed by atoms with Gasteiger partial charge >= 0.3 is 0 Å². The van der Waals surface area contributed by atoms with Gasteiger partial charge in [0.2, 0.25) is 4.96 Å². The molecule has 7 heteroatoms. The molecule has 0 saturated carbocycles. The summed E-state index contributed by atoms with van der Waals surface area (Å²) in [6.45, 7) is 2.00. The van der Waals surface area contributed by atoms with Crippen LogP contribution in [0.3, 0.4) is 0 Å². The predicted molar refractivity (Wildman–Crippen MR) is 110 cm³/mol. The van der Waals surface area contributed by atoms with E-state index in [2.05, 4.69) is 26.0 Å². The average molecular weight is 440 g/mol. The molecule has 0 atom stereocenters. The van der Waals surface area contributed by atoms with Crippen LogP contribution in [0.25, 0.3) is 11.0 Å². The second-order valence-corrected chi connectivity index (χ2v) is 8.12. The summed E-state index contributed by atoms with van der Waals surface area (Å²) in [7, 11) is 0. The number of benzene rings is 2. The Morgan fingerprint density at radius 1 is 1.15 bits per heavy atom. The number of rotatable bonds is 3. The summed E-state index contributed by atoms with van der Waals surface area (Å²) in [5, 5.41) is 4.28. The fraction of sp³-hybridized carbons (Fsp3) is 0.100. The summed E-state index contributed by atoms with van der Waals surface area (Å²) >= 11 is 4.58. The Bertz CT molecular complexity index is 1310. The van der Waals surface area contributed by atoms with Gasteiger partial charge in [0.05, 0.1) is 4.53 Å². The number of aryl methyl sites for hydroxylation is 1. The van der Waals surface area contributed by atoms with Gasteiger partial charge in [0.25, 0.3) is 11.1 Å². The fourth-order valence-corrected chi connectivity index (χ4v) is 4.02. The van der Waals surface area contributed by atoms with Crippen LogP contribution in [-0.2, 0) is 6.42 Å². The van der Waals surface area contributed by atoms with Crippen molar-refractivity contribution in [2.45, 2.75) is 13.3 Å². The molecule has 2 heterocycles. The Morgan fingerprint density at radius 3 is 2.67 bits per heavy atom. The standard InChI is InChI=1S/C20H14BrN3O2S/c1-12-5-7-13(8-6-12)10-16-18(25)22-20-24(23-16)19(26)17(27-20)11-14-3-2-4-15(21)9-14/h2-9,11H,10H2,1H3. The lowest BCUT2D eigenvalue weighted by Gasteiger charge is -2.01. The van der Waals surface area contributed by atoms with E-state index in [-0.39, 0.29) is 11.3 Å². The largest absolute Gasteiger partial charge is 0.296 e. The fourth-order valence-electron chi connectivity index (χ4n) is 2.70. The van der Waals surface area contributed by atoms with Crippen molar-refractivity contribution in [2.75, 3.05) is 0 Å². The molecule has 0 N–H and O–H groups in total. The van der Waals surface area contributed by atoms with E-state index in [1.807, 2.05) is 55.5 Å². The number of aromatic nitrogens is 3. The molecule has 0 bridgehead atoms. The molecule has 0 fully saturated rings. The quantitative estimate of drug-likeness (QED) is 0.492. The van der Waals surface area contributed by atoms with Crippen LogP contribution >= 0.6 is 27.3 Å². The van der Waals surface area contributed by atoms with E-state index in [0.29, 0.717) is 15.9 Å². The summed E-state index contributed by atoms with van der Waals surface area (Å²) in [6.07, 6.45) is 2.12. The zero-order valence-corrected chi connectivity index (χ0v) is 16.8. The van der Waals surface area contributed by atoms with Crippen molar-refractivity contribution < 1.29 is 0 Å². The molecule has 0 saturated heterocycles. The molecule has 0 unspecified atom stereocenters. The maximum absolute atomic E-state index is 12.7. The van der Waals surface area contributed by atoms with E-state index in [1.165, 1.54) is 4.52 Å². The lowest BCUT2D eigenvalue weighted by Crippen LogP contribution is -2.28. The van der Waals surface area contributed by atoms with Crippen molar-refractivity contribution >= 4 is 38.3 Å². The van der Waals surface area contributed by atoms with Crippen LogP contribution < -0.4 is 15.7 Å². The van der Waals surface area contributed by atoms with Gasteiger partial charge in [-0.2, -0.15) is 14.6 Å². The van der Waals surface area contributed by atoms with Crippen molar-refractivity contribution in [1.29, 1.82) is 0 Å². The monoisotopic (exact) mass is 439 g/mol. The van der Waals surface area contributed by atoms with E-state index in [0.717, 1.165) is 32.5 Å². The third-order valence-electron chi connectivity index (χ3n) is 4.09. The van der Waals surface area contributed by atoms with Crippen LogP contribution in [0.5, 0.6) is 0 Å². The molecular weight excluding hydrogens is 426 g/mol. The zero-order chi connectivity index (χ0) is 19.0. The molecule has 4 aromatic rings. The van der Waals surface area contributed by atoms with Crippen LogP contribution in [0.2, 0.25) is 0 Å². The minimum atomic E-state index is -0.397. The first-order chi connectivity index (χ1) is 13.0. The van der Waals surface area contributed by atoms with Crippen LogP contribution in [0, 0.1) is 6.92 Å². The first-order valence-electron chi connectivity index (χ1n) is 8.25. The molecule has 4 rings (SSSR count). The van der Waals surface area contributed by atoms with Gasteiger partial charge in [0.15, 0.2) is 0 Å². The Morgan fingerprint density at radius 2 is 1.93 bits per heavy atom. The van der Waals surface area contributed by atoms with Gasteiger partial charge in [-0.1, -0.05) is 69.2 Å². The van der Waals surface area contributed by atoms with Gasteiger partial charge in [-0.05, 0) is 36.3 Å². The van der Waals surface area contributed by atoms with E-state index in [9.17, 15) is 9.59 Å². The van der Waals surface area contributed by atoms with E-state index < -0.39 is 5.56 Å². The molecule has 2 aromatic heterocycles. The second kappa shape index (κ2) is 7.17. The number of nitrogens with zero attached hydrogens (tertiary/aromatic N) is 3. The molecule has 5 nitrogen and oxygen atoms in total. The summed E-state index contributed by atoms with van der Waals surface area (Å²) in [6, 6.07) is 15.5. The van der Waals surface area contributed by atoms with Gasteiger partial charge in [0.1, 0.15) is 5.69 Å². The lowest BCUT2D eigenvalue weighted by molar-refractivity contribution is 0.811. The van der Waals surface area contributed by atoms with Crippen molar-refractivity contribution in [2.24, 2.45) is 0 Å². The minimum absolute atomic E-state index is 0.264. The van der Waals surface area contributed by atoms with E-state index in [1.54, 1.807) is 6.08 Å². The Kier molecular flexibility index (Phi) is 4.72. The van der Waals surface area contributed by atoms with Crippen LogP contribution in [0.1, 0.15) is 22.4 Å². The maximum atomic E-state index is 12.7. The van der Waals surface area contributed by atoms with E-state index >= 15 is 0 Å². The van der Waals surface area contributed by atoms with E-state index in [4.69, 9.17) is 0 Å². The third-order valence-corrected chi connectivity index (χ3v) is 5.54. The van der Waals surface area contributed by atoms with Crippen molar-refractivity contribution in [3.63, 3.8) is 0 Å². The topological polar surface area (TPSA) is 64.3 Å². The molecule has 0 amide bonds. The Labute approximate surface area is 166 Å². The first kappa shape index (κ1) is 17.8. The molecule has 27 heavy (non-hydrogen) atoms. The van der Waals surface area contributed by atoms with Crippen molar-refractivity contribution in [3.8, 4) is 0 Å². The molecule has 0 radical (unpaired) electrons. The normalized spacial score (nSPS) is 12.0. The van der Waals surface area contributed by atoms with Crippen molar-refractivity contribution in [3.05, 3.63) is 101 Å². The number of hydrogen-bond acceptors (Lipinski definition) is 5. The second-order valence-electron chi connectivity index (χ2n) is 6.19. The van der Waals surface area contributed by atoms with Crippen LogP contribution in [-0.4, -0.2) is 14.6 Å². The Balaban J connectivity index is 1.80. The number of fused-ring (bicyclic) bond motifs is 1. The number of halogens is 1. The molecule has 134 valence electrons. The highest BCUT2D eigenvalue weighted by Crippen LogP contribution is 2.12. The summed E-state index contributed by atoms with van der Waals surface area (Å²) < 4.78 is 2.63. The predicted octanol–water partition coefficient (Wildman–Crippen LogP) is 2.72. The Hall–Kier alpha value is -2.64. The SMILES string of the molecule is Cc1ccc(Cc2nn3c(=O)c(=Cc4cccc(Br)c4)sc3nc2=O)cc1. The van der Waals surface area contributed by atoms with Gasteiger partial charge in [0, 0.05) is 10.9 Å². The lowest BCUT2D eigenvalue weighted by atomic mass is 10.1. The molecule has 2 aromatic carbocycles. The highest BCUT2D eigenvalue weighted by Gasteiger charge is 2.11. The van der Waals surface area contributed by atoms with Gasteiger partial charge in [-0.15, -0.1) is 0 Å². The third kappa shape index (κ3) is 3.74. The van der Waals surface area contributed by atoms with Gasteiger partial charge < -0.3 is 0 Å². The smallest absolute Gasteiger partial charge is 0.266 e. The summed E-state index contributed by atoms with van der Waals surface area (Å²) in [4.78, 5) is 29.4. The maximum Gasteiger partial charge on any atom is 0.296 e.